The van der Waals surface area contributed by atoms with E-state index in [-0.39, 0.29) is 45.5 Å². The number of likely N-dealkylation sites (tertiary alicyclic amines) is 1. The number of carbonyl (C=O) groups is 2. The quantitative estimate of drug-likeness (QED) is 0.314. The van der Waals surface area contributed by atoms with Crippen LogP contribution >= 0.6 is 24.2 Å². The zero-order valence-corrected chi connectivity index (χ0v) is 21.9. The van der Waals surface area contributed by atoms with E-state index in [0.717, 1.165) is 6.07 Å². The summed E-state index contributed by atoms with van der Waals surface area (Å²) >= 11 is 10.2. The number of sulfonamides is 1. The zero-order chi connectivity index (χ0) is 27.1. The Hall–Kier alpha value is -3.13. The number of hydrogen-bond acceptors (Lipinski definition) is 8. The van der Waals surface area contributed by atoms with Crippen molar-refractivity contribution in [3.63, 3.8) is 0 Å². The second kappa shape index (κ2) is 10.3. The number of H-pyrrole nitrogens is 1. The van der Waals surface area contributed by atoms with Gasteiger partial charge in [0.1, 0.15) is 28.6 Å². The van der Waals surface area contributed by atoms with Crippen LogP contribution in [-0.4, -0.2) is 64.7 Å². The van der Waals surface area contributed by atoms with Crippen LogP contribution in [0.1, 0.15) is 13.3 Å². The van der Waals surface area contributed by atoms with E-state index < -0.39 is 39.6 Å². The molecule has 1 fully saturated rings. The number of carboxylic acids is 1. The van der Waals surface area contributed by atoms with Gasteiger partial charge in [-0.3, -0.25) is 9.59 Å². The van der Waals surface area contributed by atoms with Crippen LogP contribution in [0, 0.1) is 5.92 Å². The van der Waals surface area contributed by atoms with Crippen LogP contribution in [0.3, 0.4) is 0 Å². The molecule has 2 aromatic carbocycles. The van der Waals surface area contributed by atoms with Crippen molar-refractivity contribution in [1.29, 1.82) is 0 Å². The molecule has 11 nitrogen and oxygen atoms in total. The maximum atomic E-state index is 12.6. The van der Waals surface area contributed by atoms with Crippen molar-refractivity contribution in [2.45, 2.75) is 30.4 Å². The predicted octanol–water partition coefficient (Wildman–Crippen LogP) is 1.89. The molecule has 2 heterocycles. The standard InChI is InChI=1S/C23H23ClN4O7S2/c1-11(10-36)22(30)28-9-14(6-18(28)23(31)32)35-13-4-2-12(3-5-13)20-26-17-8-16(24)19(37(25,33)34)7-15(17)21(29)27-20/h2-5,7-8,11,14,18,36H,6,9-10H2,1H3,(H,31,32)(H2,25,33,34)(H,26,27,29). The molecule has 3 aromatic rings. The minimum absolute atomic E-state index is 0.0117. The van der Waals surface area contributed by atoms with E-state index in [0.29, 0.717) is 17.1 Å². The number of carboxylic acid groups (broad SMARTS) is 1. The molecule has 0 radical (unpaired) electrons. The third kappa shape index (κ3) is 5.59. The smallest absolute Gasteiger partial charge is 0.326 e. The number of nitrogens with two attached hydrogens (primary N) is 1. The second-order valence-corrected chi connectivity index (χ2v) is 11.0. The number of thiol groups is 1. The monoisotopic (exact) mass is 566 g/mol. The zero-order valence-electron chi connectivity index (χ0n) is 19.4. The number of carbonyl (C=O) groups excluding carboxylic acids is 1. The van der Waals surface area contributed by atoms with Crippen molar-refractivity contribution in [2.24, 2.45) is 11.1 Å². The maximum Gasteiger partial charge on any atom is 0.326 e. The molecule has 0 aliphatic carbocycles. The Morgan fingerprint density at radius 2 is 2.00 bits per heavy atom. The molecule has 196 valence electrons. The molecule has 0 spiro atoms. The van der Waals surface area contributed by atoms with Crippen molar-refractivity contribution in [2.75, 3.05) is 12.3 Å². The van der Waals surface area contributed by atoms with Gasteiger partial charge in [0.25, 0.3) is 5.56 Å². The van der Waals surface area contributed by atoms with Crippen LogP contribution in [0.4, 0.5) is 0 Å². The first-order valence-electron chi connectivity index (χ1n) is 11.1. The number of amides is 1. The lowest BCUT2D eigenvalue weighted by molar-refractivity contribution is -0.149. The van der Waals surface area contributed by atoms with Crippen LogP contribution in [-0.2, 0) is 19.6 Å². The summed E-state index contributed by atoms with van der Waals surface area (Å²) < 4.78 is 29.3. The molecule has 3 atom stereocenters. The van der Waals surface area contributed by atoms with Crippen molar-refractivity contribution in [3.05, 3.63) is 51.8 Å². The maximum absolute atomic E-state index is 12.6. The Balaban J connectivity index is 1.55. The van der Waals surface area contributed by atoms with Crippen LogP contribution in [0.25, 0.3) is 22.3 Å². The summed E-state index contributed by atoms with van der Waals surface area (Å²) in [5.74, 6) is -0.832. The van der Waals surface area contributed by atoms with E-state index in [1.807, 2.05) is 0 Å². The van der Waals surface area contributed by atoms with Gasteiger partial charge in [-0.2, -0.15) is 12.6 Å². The molecule has 4 N–H and O–H groups in total. The van der Waals surface area contributed by atoms with Gasteiger partial charge in [0, 0.05) is 23.7 Å². The van der Waals surface area contributed by atoms with Crippen molar-refractivity contribution in [3.8, 4) is 17.1 Å². The molecule has 1 aliphatic rings. The molecule has 0 saturated carbocycles. The van der Waals surface area contributed by atoms with Gasteiger partial charge in [-0.15, -0.1) is 0 Å². The number of fused-ring (bicyclic) bond motifs is 1. The molecule has 1 aliphatic heterocycles. The molecule has 1 saturated heterocycles. The Morgan fingerprint density at radius 3 is 2.59 bits per heavy atom. The summed E-state index contributed by atoms with van der Waals surface area (Å²) in [4.78, 5) is 44.8. The average molecular weight is 567 g/mol. The van der Waals surface area contributed by atoms with Crippen LogP contribution < -0.4 is 15.4 Å². The van der Waals surface area contributed by atoms with Gasteiger partial charge in [-0.1, -0.05) is 18.5 Å². The first-order valence-corrected chi connectivity index (χ1v) is 13.6. The number of aromatic amines is 1. The number of aromatic nitrogens is 2. The minimum Gasteiger partial charge on any atom is -0.488 e. The van der Waals surface area contributed by atoms with Gasteiger partial charge in [0.2, 0.25) is 15.9 Å². The Labute approximate surface area is 222 Å². The Morgan fingerprint density at radius 1 is 1.32 bits per heavy atom. The average Bonchev–Trinajstić information content (AvgIpc) is 3.26. The lowest BCUT2D eigenvalue weighted by Gasteiger charge is -2.24. The summed E-state index contributed by atoms with van der Waals surface area (Å²) in [6, 6.07) is 7.92. The van der Waals surface area contributed by atoms with Crippen LogP contribution in [0.15, 0.2) is 46.1 Å². The summed E-state index contributed by atoms with van der Waals surface area (Å²) in [5, 5.41) is 14.6. The predicted molar refractivity (Wildman–Crippen MR) is 139 cm³/mol. The van der Waals surface area contributed by atoms with E-state index in [9.17, 15) is 27.9 Å². The van der Waals surface area contributed by atoms with Gasteiger partial charge in [-0.05, 0) is 36.4 Å². The van der Waals surface area contributed by atoms with Crippen molar-refractivity contribution in [1.82, 2.24) is 14.9 Å². The minimum atomic E-state index is -4.13. The van der Waals surface area contributed by atoms with Gasteiger partial charge in [0.05, 0.1) is 22.5 Å². The van der Waals surface area contributed by atoms with Crippen molar-refractivity contribution < 1.29 is 27.9 Å². The number of halogens is 1. The number of nitrogens with zero attached hydrogens (tertiary/aromatic N) is 2. The highest BCUT2D eigenvalue weighted by molar-refractivity contribution is 7.89. The van der Waals surface area contributed by atoms with E-state index in [2.05, 4.69) is 22.6 Å². The Bertz CT molecular complexity index is 1540. The first kappa shape index (κ1) is 26.9. The molecular formula is C23H23ClN4O7S2. The summed E-state index contributed by atoms with van der Waals surface area (Å²) in [6.07, 6.45) is -0.375. The fourth-order valence-corrected chi connectivity index (χ4v) is 5.35. The highest BCUT2D eigenvalue weighted by Gasteiger charge is 2.41. The lowest BCUT2D eigenvalue weighted by atomic mass is 10.1. The topological polar surface area (TPSA) is 173 Å². The summed E-state index contributed by atoms with van der Waals surface area (Å²) in [7, 11) is -4.13. The molecule has 4 rings (SSSR count). The number of rotatable bonds is 7. The molecule has 37 heavy (non-hydrogen) atoms. The number of ether oxygens (including phenoxy) is 1. The van der Waals surface area contributed by atoms with E-state index >= 15 is 0 Å². The lowest BCUT2D eigenvalue weighted by Crippen LogP contribution is -2.43. The highest BCUT2D eigenvalue weighted by Crippen LogP contribution is 2.28. The van der Waals surface area contributed by atoms with Gasteiger partial charge >= 0.3 is 5.97 Å². The number of hydrogen-bond donors (Lipinski definition) is 4. The van der Waals surface area contributed by atoms with Gasteiger partial charge in [-0.25, -0.2) is 23.3 Å². The second-order valence-electron chi connectivity index (χ2n) is 8.69. The van der Waals surface area contributed by atoms with Crippen LogP contribution in [0.5, 0.6) is 5.75 Å². The van der Waals surface area contributed by atoms with E-state index in [1.54, 1.807) is 31.2 Å². The Kier molecular flexibility index (Phi) is 7.51. The first-order chi connectivity index (χ1) is 17.4. The van der Waals surface area contributed by atoms with Crippen LogP contribution in [0.2, 0.25) is 5.02 Å². The summed E-state index contributed by atoms with van der Waals surface area (Å²) in [5.41, 5.74) is 0.141. The van der Waals surface area contributed by atoms with Crippen molar-refractivity contribution >= 4 is 57.0 Å². The summed E-state index contributed by atoms with van der Waals surface area (Å²) in [6.45, 7) is 1.83. The molecular weight excluding hydrogens is 544 g/mol. The number of benzene rings is 2. The fourth-order valence-electron chi connectivity index (χ4n) is 4.10. The molecule has 1 amide bonds. The van der Waals surface area contributed by atoms with E-state index in [1.165, 1.54) is 11.0 Å². The normalized spacial score (nSPS) is 18.6. The third-order valence-corrected chi connectivity index (χ3v) is 7.95. The fraction of sp³-hybridized carbons (Fsp3) is 0.304. The number of nitrogens with one attached hydrogen (secondary N) is 1. The van der Waals surface area contributed by atoms with Gasteiger partial charge < -0.3 is 19.7 Å². The molecule has 3 unspecified atom stereocenters. The third-order valence-electron chi connectivity index (χ3n) is 6.02. The SMILES string of the molecule is CC(CS)C(=O)N1CC(Oc2ccc(-c3nc4cc(Cl)c(S(N)(=O)=O)cc4c(=O)[nH]3)cc2)CC1C(=O)O. The van der Waals surface area contributed by atoms with Gasteiger partial charge in [0.15, 0.2) is 0 Å². The molecule has 1 aromatic heterocycles. The van der Waals surface area contributed by atoms with E-state index in [4.69, 9.17) is 21.5 Å². The number of primary sulfonamides is 1. The largest absolute Gasteiger partial charge is 0.488 e. The highest BCUT2D eigenvalue weighted by atomic mass is 35.5. The molecule has 14 heteroatoms. The number of aliphatic carboxylic acids is 1. The molecule has 0 bridgehead atoms.